The highest BCUT2D eigenvalue weighted by Gasteiger charge is 2.07. The monoisotopic (exact) mass is 404 g/mol. The molecule has 5 aromatic rings. The van der Waals surface area contributed by atoms with E-state index in [-0.39, 0.29) is 0 Å². The van der Waals surface area contributed by atoms with Crippen molar-refractivity contribution >= 4 is 16.6 Å². The van der Waals surface area contributed by atoms with Crippen LogP contribution in [0.3, 0.4) is 0 Å². The van der Waals surface area contributed by atoms with Crippen LogP contribution in [0.4, 0.5) is 5.82 Å². The third kappa shape index (κ3) is 4.09. The minimum atomic E-state index is 0.673. The van der Waals surface area contributed by atoms with Crippen LogP contribution in [0.1, 0.15) is 11.3 Å². The van der Waals surface area contributed by atoms with Crippen molar-refractivity contribution in [3.8, 4) is 22.4 Å². The Hall–Kier alpha value is -4.19. The Bertz CT molecular complexity index is 1330. The van der Waals surface area contributed by atoms with E-state index >= 15 is 0 Å². The summed E-state index contributed by atoms with van der Waals surface area (Å²) in [4.78, 5) is 13.5. The van der Waals surface area contributed by atoms with Gasteiger partial charge in [0, 0.05) is 47.3 Å². The first-order chi connectivity index (χ1) is 15.3. The third-order valence-corrected chi connectivity index (χ3v) is 5.17. The van der Waals surface area contributed by atoms with Crippen LogP contribution in [0, 0.1) is 6.92 Å². The van der Waals surface area contributed by atoms with E-state index in [1.165, 1.54) is 5.56 Å². The fourth-order valence-corrected chi connectivity index (χ4v) is 3.53. The van der Waals surface area contributed by atoms with Crippen LogP contribution in [0.15, 0.2) is 85.6 Å². The van der Waals surface area contributed by atoms with E-state index in [4.69, 9.17) is 0 Å². The van der Waals surface area contributed by atoms with Crippen LogP contribution in [0.5, 0.6) is 0 Å². The Morgan fingerprint density at radius 2 is 1.55 bits per heavy atom. The second kappa shape index (κ2) is 8.28. The number of nitrogens with one attached hydrogen (secondary N) is 1. The van der Waals surface area contributed by atoms with E-state index in [2.05, 4.69) is 60.8 Å². The van der Waals surface area contributed by atoms with Crippen molar-refractivity contribution in [1.82, 2.24) is 25.1 Å². The predicted molar refractivity (Wildman–Crippen MR) is 122 cm³/mol. The quantitative estimate of drug-likeness (QED) is 0.441. The van der Waals surface area contributed by atoms with Gasteiger partial charge >= 0.3 is 0 Å². The number of aryl methyl sites for hydroxylation is 1. The molecule has 0 saturated heterocycles. The number of nitrogens with zero attached hydrogens (tertiary/aromatic N) is 5. The summed E-state index contributed by atoms with van der Waals surface area (Å²) in [6.45, 7) is 2.66. The van der Waals surface area contributed by atoms with Gasteiger partial charge in [-0.3, -0.25) is 9.97 Å². The molecule has 150 valence electrons. The molecule has 4 heterocycles. The summed E-state index contributed by atoms with van der Waals surface area (Å²) in [7, 11) is 0. The minimum Gasteiger partial charge on any atom is -0.365 e. The first-order valence-electron chi connectivity index (χ1n) is 10.0. The molecule has 0 saturated carbocycles. The zero-order chi connectivity index (χ0) is 21.0. The van der Waals surface area contributed by atoms with Crippen LogP contribution in [-0.2, 0) is 6.54 Å². The maximum absolute atomic E-state index is 4.66. The average Bonchev–Trinajstić information content (AvgIpc) is 2.83. The number of aromatic nitrogens is 5. The number of fused-ring (bicyclic) bond motifs is 1. The third-order valence-electron chi connectivity index (χ3n) is 5.17. The van der Waals surface area contributed by atoms with Gasteiger partial charge in [0.05, 0.1) is 18.1 Å². The van der Waals surface area contributed by atoms with Gasteiger partial charge in [-0.05, 0) is 53.8 Å². The zero-order valence-electron chi connectivity index (χ0n) is 17.0. The molecule has 0 atom stereocenters. The average molecular weight is 404 g/mol. The second-order valence-corrected chi connectivity index (χ2v) is 7.32. The normalized spacial score (nSPS) is 10.9. The molecular formula is C25H20N6. The Kier molecular flexibility index (Phi) is 5.02. The van der Waals surface area contributed by atoms with Gasteiger partial charge in [0.1, 0.15) is 5.82 Å². The smallest absolute Gasteiger partial charge is 0.135 e. The van der Waals surface area contributed by atoms with Crippen molar-refractivity contribution < 1.29 is 0 Å². The molecule has 0 aliphatic carbocycles. The summed E-state index contributed by atoms with van der Waals surface area (Å²) >= 11 is 0. The lowest BCUT2D eigenvalue weighted by Crippen LogP contribution is -2.02. The lowest BCUT2D eigenvalue weighted by Gasteiger charge is -2.10. The highest BCUT2D eigenvalue weighted by Crippen LogP contribution is 2.26. The number of pyridine rings is 3. The van der Waals surface area contributed by atoms with Gasteiger partial charge in [0.2, 0.25) is 0 Å². The molecule has 0 aliphatic rings. The molecule has 0 amide bonds. The van der Waals surface area contributed by atoms with Crippen molar-refractivity contribution in [2.45, 2.75) is 13.5 Å². The van der Waals surface area contributed by atoms with Gasteiger partial charge in [0.25, 0.3) is 0 Å². The number of benzene rings is 1. The van der Waals surface area contributed by atoms with Crippen LogP contribution in [-0.4, -0.2) is 25.1 Å². The van der Waals surface area contributed by atoms with Crippen molar-refractivity contribution in [2.75, 3.05) is 5.32 Å². The number of anilines is 1. The molecule has 1 aromatic carbocycles. The molecule has 6 nitrogen and oxygen atoms in total. The van der Waals surface area contributed by atoms with E-state index in [1.807, 2.05) is 49.8 Å². The first-order valence-corrected chi connectivity index (χ1v) is 10.0. The van der Waals surface area contributed by atoms with E-state index in [9.17, 15) is 0 Å². The lowest BCUT2D eigenvalue weighted by atomic mass is 10.1. The fraction of sp³-hybridized carbons (Fsp3) is 0.0800. The summed E-state index contributed by atoms with van der Waals surface area (Å²) in [5, 5.41) is 13.3. The lowest BCUT2D eigenvalue weighted by molar-refractivity contribution is 1.03. The molecule has 0 bridgehead atoms. The van der Waals surface area contributed by atoms with Gasteiger partial charge in [0.15, 0.2) is 0 Å². The number of hydrogen-bond acceptors (Lipinski definition) is 6. The van der Waals surface area contributed by atoms with Gasteiger partial charge in [-0.1, -0.05) is 24.3 Å². The van der Waals surface area contributed by atoms with Gasteiger partial charge in [-0.15, -0.1) is 0 Å². The molecule has 31 heavy (non-hydrogen) atoms. The van der Waals surface area contributed by atoms with Crippen LogP contribution in [0.2, 0.25) is 0 Å². The maximum atomic E-state index is 4.66. The molecule has 6 heteroatoms. The van der Waals surface area contributed by atoms with Gasteiger partial charge in [-0.2, -0.15) is 10.2 Å². The van der Waals surface area contributed by atoms with Crippen molar-refractivity contribution in [3.63, 3.8) is 0 Å². The molecule has 4 aromatic heterocycles. The largest absolute Gasteiger partial charge is 0.365 e. The van der Waals surface area contributed by atoms with E-state index < -0.39 is 0 Å². The summed E-state index contributed by atoms with van der Waals surface area (Å²) < 4.78 is 0. The molecule has 0 unspecified atom stereocenters. The van der Waals surface area contributed by atoms with Crippen molar-refractivity contribution in [3.05, 3.63) is 96.8 Å². The molecule has 0 fully saturated rings. The zero-order valence-corrected chi connectivity index (χ0v) is 17.0. The number of hydrogen-bond donors (Lipinski definition) is 1. The van der Waals surface area contributed by atoms with Gasteiger partial charge < -0.3 is 5.32 Å². The Labute approximate surface area is 180 Å². The maximum Gasteiger partial charge on any atom is 0.135 e. The molecule has 0 aliphatic heterocycles. The summed E-state index contributed by atoms with van der Waals surface area (Å²) in [5.41, 5.74) is 6.30. The standard InChI is InChI=1S/C25H20N6/c1-17-12-21(7-9-26-17)24-13-20-6-10-27-25(23(20)16-28-24)29-14-18-2-4-19(5-3-18)22-8-11-30-31-15-22/h2-13,15-16H,14H2,1H3,(H,27,29). The van der Waals surface area contributed by atoms with Crippen molar-refractivity contribution in [2.24, 2.45) is 0 Å². The van der Waals surface area contributed by atoms with Crippen LogP contribution < -0.4 is 5.32 Å². The summed E-state index contributed by atoms with van der Waals surface area (Å²) in [6, 6.07) is 18.5. The summed E-state index contributed by atoms with van der Waals surface area (Å²) in [6.07, 6.45) is 8.99. The van der Waals surface area contributed by atoms with Gasteiger partial charge in [-0.25, -0.2) is 4.98 Å². The molecule has 1 N–H and O–H groups in total. The van der Waals surface area contributed by atoms with E-state index in [1.54, 1.807) is 12.4 Å². The Morgan fingerprint density at radius 3 is 2.35 bits per heavy atom. The minimum absolute atomic E-state index is 0.673. The molecular weight excluding hydrogens is 384 g/mol. The summed E-state index contributed by atoms with van der Waals surface area (Å²) in [5.74, 6) is 0.824. The SMILES string of the molecule is Cc1cc(-c2cc3ccnc(NCc4ccc(-c5ccnnc5)cc4)c3cn2)ccn1. The van der Waals surface area contributed by atoms with Crippen LogP contribution in [0.25, 0.3) is 33.2 Å². The Morgan fingerprint density at radius 1 is 0.710 bits per heavy atom. The van der Waals surface area contributed by atoms with Crippen molar-refractivity contribution in [1.29, 1.82) is 0 Å². The predicted octanol–water partition coefficient (Wildman–Crippen LogP) is 5.07. The topological polar surface area (TPSA) is 76.5 Å². The first kappa shape index (κ1) is 18.8. The highest BCUT2D eigenvalue weighted by atomic mass is 15.1. The number of rotatable bonds is 5. The van der Waals surface area contributed by atoms with E-state index in [0.29, 0.717) is 6.54 Å². The fourth-order valence-electron chi connectivity index (χ4n) is 3.53. The highest BCUT2D eigenvalue weighted by molar-refractivity contribution is 5.93. The van der Waals surface area contributed by atoms with Crippen LogP contribution >= 0.6 is 0 Å². The van der Waals surface area contributed by atoms with E-state index in [0.717, 1.165) is 44.7 Å². The molecule has 0 spiro atoms. The Balaban J connectivity index is 1.36. The second-order valence-electron chi connectivity index (χ2n) is 7.32. The molecule has 5 rings (SSSR count). The molecule has 0 radical (unpaired) electrons.